The molecule has 122 valence electrons. The number of fused-ring (bicyclic) bond motifs is 1. The number of rotatable bonds is 3. The third-order valence-corrected chi connectivity index (χ3v) is 4.52. The first kappa shape index (κ1) is 14.7. The quantitative estimate of drug-likeness (QED) is 0.870. The van der Waals surface area contributed by atoms with E-state index in [4.69, 9.17) is 9.26 Å². The van der Waals surface area contributed by atoms with Crippen LogP contribution in [-0.2, 0) is 11.3 Å². The first-order valence-electron chi connectivity index (χ1n) is 7.70. The van der Waals surface area contributed by atoms with Crippen LogP contribution in [0.1, 0.15) is 29.8 Å². The summed E-state index contributed by atoms with van der Waals surface area (Å²) in [6.07, 6.45) is 0.842. The lowest BCUT2D eigenvalue weighted by Crippen LogP contribution is -2.23. The monoisotopic (exact) mass is 321 g/mol. The maximum atomic E-state index is 13.3. The Labute approximate surface area is 132 Å². The Hall–Kier alpha value is -1.86. The average molecular weight is 321 g/mol. The molecule has 0 bridgehead atoms. The molecule has 1 aromatic heterocycles. The fourth-order valence-corrected chi connectivity index (χ4v) is 3.48. The Morgan fingerprint density at radius 2 is 2.13 bits per heavy atom. The van der Waals surface area contributed by atoms with Crippen LogP contribution in [0.4, 0.5) is 8.78 Å². The summed E-state index contributed by atoms with van der Waals surface area (Å²) >= 11 is 0. The van der Waals surface area contributed by atoms with Gasteiger partial charge in [-0.05, 0) is 31.0 Å². The normalized spacial score (nSPS) is 27.5. The van der Waals surface area contributed by atoms with Crippen LogP contribution in [0.2, 0.25) is 0 Å². The van der Waals surface area contributed by atoms with Crippen LogP contribution in [-0.4, -0.2) is 34.2 Å². The summed E-state index contributed by atoms with van der Waals surface area (Å²) in [4.78, 5) is 6.44. The van der Waals surface area contributed by atoms with Crippen LogP contribution in [0.5, 0.6) is 0 Å². The van der Waals surface area contributed by atoms with Gasteiger partial charge in [0.1, 0.15) is 6.10 Å². The largest absolute Gasteiger partial charge is 0.363 e. The van der Waals surface area contributed by atoms with E-state index >= 15 is 0 Å². The molecule has 2 aromatic rings. The van der Waals surface area contributed by atoms with E-state index in [1.54, 1.807) is 13.0 Å². The molecule has 1 aromatic carbocycles. The molecule has 23 heavy (non-hydrogen) atoms. The predicted octanol–water partition coefficient (Wildman–Crippen LogP) is 2.62. The first-order valence-corrected chi connectivity index (χ1v) is 7.70. The van der Waals surface area contributed by atoms with Gasteiger partial charge < -0.3 is 9.26 Å². The summed E-state index contributed by atoms with van der Waals surface area (Å²) in [6.45, 7) is 4.02. The minimum absolute atomic E-state index is 0.123. The molecule has 0 saturated carbocycles. The van der Waals surface area contributed by atoms with Crippen molar-refractivity contribution in [2.45, 2.75) is 32.1 Å². The van der Waals surface area contributed by atoms with Crippen molar-refractivity contribution in [1.82, 2.24) is 15.0 Å². The topological polar surface area (TPSA) is 51.4 Å². The molecule has 3 atom stereocenters. The molecule has 2 fully saturated rings. The van der Waals surface area contributed by atoms with E-state index in [0.717, 1.165) is 25.1 Å². The van der Waals surface area contributed by atoms with Gasteiger partial charge in [-0.2, -0.15) is 4.98 Å². The molecule has 0 amide bonds. The zero-order chi connectivity index (χ0) is 16.0. The number of hydrogen-bond donors (Lipinski definition) is 0. The highest BCUT2D eigenvalue weighted by Crippen LogP contribution is 2.40. The molecule has 0 unspecified atom stereocenters. The number of likely N-dealkylation sites (tertiary alicyclic amines) is 1. The highest BCUT2D eigenvalue weighted by Gasteiger charge is 2.44. The van der Waals surface area contributed by atoms with Gasteiger partial charge in [0, 0.05) is 25.6 Å². The summed E-state index contributed by atoms with van der Waals surface area (Å²) in [5, 5.41) is 3.80. The number of aryl methyl sites for hydroxylation is 1. The number of ether oxygens (including phenoxy) is 1. The minimum Gasteiger partial charge on any atom is -0.363 e. The van der Waals surface area contributed by atoms with Crippen LogP contribution in [0.25, 0.3) is 0 Å². The number of nitrogens with zero attached hydrogens (tertiary/aromatic N) is 3. The second kappa shape index (κ2) is 5.65. The Balaban J connectivity index is 1.37. The van der Waals surface area contributed by atoms with E-state index < -0.39 is 11.6 Å². The van der Waals surface area contributed by atoms with Gasteiger partial charge in [-0.15, -0.1) is 0 Å². The van der Waals surface area contributed by atoms with E-state index in [-0.39, 0.29) is 12.2 Å². The van der Waals surface area contributed by atoms with Crippen molar-refractivity contribution in [3.63, 3.8) is 0 Å². The Bertz CT molecular complexity index is 707. The minimum atomic E-state index is -0.812. The van der Waals surface area contributed by atoms with E-state index in [1.807, 2.05) is 0 Å². The smallest absolute Gasteiger partial charge is 0.255 e. The van der Waals surface area contributed by atoms with Gasteiger partial charge in [-0.25, -0.2) is 8.78 Å². The van der Waals surface area contributed by atoms with Crippen molar-refractivity contribution in [3.05, 3.63) is 47.1 Å². The van der Waals surface area contributed by atoms with Crippen molar-refractivity contribution in [2.75, 3.05) is 13.1 Å². The number of aromatic nitrogens is 2. The fraction of sp³-hybridized carbons (Fsp3) is 0.500. The molecular formula is C16H17F2N3O2. The molecule has 2 saturated heterocycles. The zero-order valence-electron chi connectivity index (χ0n) is 12.7. The maximum absolute atomic E-state index is 13.3. The van der Waals surface area contributed by atoms with E-state index in [0.29, 0.717) is 24.2 Å². The summed E-state index contributed by atoms with van der Waals surface area (Å²) in [6, 6.07) is 4.05. The molecule has 0 aliphatic carbocycles. The third-order valence-electron chi connectivity index (χ3n) is 4.52. The van der Waals surface area contributed by atoms with Gasteiger partial charge in [-0.1, -0.05) is 11.2 Å². The van der Waals surface area contributed by atoms with Crippen LogP contribution in [0.15, 0.2) is 22.7 Å². The molecule has 0 radical (unpaired) electrons. The highest BCUT2D eigenvalue weighted by molar-refractivity contribution is 5.18. The molecule has 2 aliphatic rings. The van der Waals surface area contributed by atoms with Crippen molar-refractivity contribution in [1.29, 1.82) is 0 Å². The lowest BCUT2D eigenvalue weighted by Gasteiger charge is -2.18. The van der Waals surface area contributed by atoms with Gasteiger partial charge in [0.25, 0.3) is 5.89 Å². The van der Waals surface area contributed by atoms with Crippen molar-refractivity contribution in [3.8, 4) is 0 Å². The van der Waals surface area contributed by atoms with Gasteiger partial charge in [-0.3, -0.25) is 4.90 Å². The molecule has 5 nitrogen and oxygen atoms in total. The molecule has 4 rings (SSSR count). The maximum Gasteiger partial charge on any atom is 0.255 e. The third kappa shape index (κ3) is 2.86. The number of benzene rings is 1. The second-order valence-corrected chi connectivity index (χ2v) is 6.28. The lowest BCUT2D eigenvalue weighted by molar-refractivity contribution is 0.0198. The van der Waals surface area contributed by atoms with Crippen molar-refractivity contribution < 1.29 is 18.0 Å². The van der Waals surface area contributed by atoms with E-state index in [1.165, 1.54) is 12.1 Å². The van der Waals surface area contributed by atoms with Crippen LogP contribution in [0, 0.1) is 24.5 Å². The standard InChI is InChI=1S/C16H17F2N3O2/c1-9-19-16(23-20-9)14-5-11-7-21(8-15(11)22-14)6-10-2-3-12(17)13(18)4-10/h2-4,11,14-15H,5-8H2,1H3/t11-,14-,15+/m0/s1. The summed E-state index contributed by atoms with van der Waals surface area (Å²) in [7, 11) is 0. The Kier molecular flexibility index (Phi) is 3.61. The van der Waals surface area contributed by atoms with Crippen LogP contribution < -0.4 is 0 Å². The molecule has 0 N–H and O–H groups in total. The van der Waals surface area contributed by atoms with Crippen LogP contribution in [0.3, 0.4) is 0 Å². The van der Waals surface area contributed by atoms with Gasteiger partial charge in [0.05, 0.1) is 6.10 Å². The Morgan fingerprint density at radius 1 is 1.26 bits per heavy atom. The SMILES string of the molecule is Cc1noc([C@@H]2C[C@H]3CN(Cc4ccc(F)c(F)c4)C[C@H]3O2)n1. The summed E-state index contributed by atoms with van der Waals surface area (Å²) < 4.78 is 37.5. The van der Waals surface area contributed by atoms with Gasteiger partial charge in [0.2, 0.25) is 0 Å². The highest BCUT2D eigenvalue weighted by atomic mass is 19.2. The number of hydrogen-bond acceptors (Lipinski definition) is 5. The molecule has 3 heterocycles. The first-order chi connectivity index (χ1) is 11.1. The molecular weight excluding hydrogens is 304 g/mol. The number of halogens is 2. The Morgan fingerprint density at radius 3 is 2.83 bits per heavy atom. The summed E-state index contributed by atoms with van der Waals surface area (Å²) in [5.74, 6) is -0.0554. The lowest BCUT2D eigenvalue weighted by atomic mass is 10.0. The molecule has 0 spiro atoms. The zero-order valence-corrected chi connectivity index (χ0v) is 12.7. The average Bonchev–Trinajstić information content (AvgIpc) is 3.17. The fourth-order valence-electron chi connectivity index (χ4n) is 3.48. The van der Waals surface area contributed by atoms with Crippen LogP contribution >= 0.6 is 0 Å². The van der Waals surface area contributed by atoms with Gasteiger partial charge in [0.15, 0.2) is 17.5 Å². The summed E-state index contributed by atoms with van der Waals surface area (Å²) in [5.41, 5.74) is 0.771. The predicted molar refractivity (Wildman–Crippen MR) is 76.4 cm³/mol. The van der Waals surface area contributed by atoms with E-state index in [2.05, 4.69) is 15.0 Å². The molecule has 7 heteroatoms. The van der Waals surface area contributed by atoms with E-state index in [9.17, 15) is 8.78 Å². The van der Waals surface area contributed by atoms with Crippen molar-refractivity contribution >= 4 is 0 Å². The van der Waals surface area contributed by atoms with Crippen molar-refractivity contribution in [2.24, 2.45) is 5.92 Å². The molecule has 2 aliphatic heterocycles. The second-order valence-electron chi connectivity index (χ2n) is 6.28. The van der Waals surface area contributed by atoms with Gasteiger partial charge >= 0.3 is 0 Å².